The molecule has 0 N–H and O–H groups in total. The fraction of sp³-hybridized carbons (Fsp3) is 0.368. The van der Waals surface area contributed by atoms with E-state index in [4.69, 9.17) is 9.47 Å². The van der Waals surface area contributed by atoms with Crippen LogP contribution in [0.15, 0.2) is 29.2 Å². The summed E-state index contributed by atoms with van der Waals surface area (Å²) in [6.07, 6.45) is 1.54. The van der Waals surface area contributed by atoms with Gasteiger partial charge in [0, 0.05) is 19.8 Å². The number of rotatable bonds is 7. The van der Waals surface area contributed by atoms with Crippen molar-refractivity contribution in [2.24, 2.45) is 0 Å². The average molecular weight is 406 g/mol. The van der Waals surface area contributed by atoms with E-state index < -0.39 is 29.1 Å². The molecule has 2 rings (SSSR count). The highest BCUT2D eigenvalue weighted by Gasteiger charge is 2.48. The fourth-order valence-electron chi connectivity index (χ4n) is 2.47. The Morgan fingerprint density at radius 2 is 1.61 bits per heavy atom. The van der Waals surface area contributed by atoms with Gasteiger partial charge in [0.05, 0.1) is 18.1 Å². The van der Waals surface area contributed by atoms with E-state index in [-0.39, 0.29) is 18.1 Å². The number of amides is 2. The molecule has 0 bridgehead atoms. The first kappa shape index (κ1) is 21.5. The summed E-state index contributed by atoms with van der Waals surface area (Å²) in [7, 11) is 3.82. The highest BCUT2D eigenvalue weighted by molar-refractivity contribution is 8.18. The van der Waals surface area contributed by atoms with Crippen LogP contribution in [0.2, 0.25) is 0 Å². The number of anilines is 1. The molecule has 8 nitrogen and oxygen atoms in total. The highest BCUT2D eigenvalue weighted by atomic mass is 32.2. The molecule has 0 unspecified atom stereocenters. The van der Waals surface area contributed by atoms with Crippen LogP contribution in [0.3, 0.4) is 0 Å². The van der Waals surface area contributed by atoms with E-state index in [2.05, 4.69) is 0 Å². The predicted molar refractivity (Wildman–Crippen MR) is 106 cm³/mol. The highest BCUT2D eigenvalue weighted by Crippen LogP contribution is 2.34. The van der Waals surface area contributed by atoms with E-state index in [1.807, 2.05) is 31.1 Å². The summed E-state index contributed by atoms with van der Waals surface area (Å²) in [4.78, 5) is 52.2. The smallest absolute Gasteiger partial charge is 0.341 e. The number of ether oxygens (including phenoxy) is 2. The van der Waals surface area contributed by atoms with Gasteiger partial charge in [-0.1, -0.05) is 12.1 Å². The Morgan fingerprint density at radius 1 is 1.07 bits per heavy atom. The molecule has 1 aromatic rings. The average Bonchev–Trinajstić information content (AvgIpc) is 2.91. The summed E-state index contributed by atoms with van der Waals surface area (Å²) in [5.74, 6) is -2.74. The van der Waals surface area contributed by atoms with E-state index in [0.717, 1.165) is 5.69 Å². The second kappa shape index (κ2) is 9.41. The lowest BCUT2D eigenvalue weighted by molar-refractivity contribution is -0.164. The van der Waals surface area contributed by atoms with Crippen molar-refractivity contribution in [1.29, 1.82) is 0 Å². The zero-order valence-electron chi connectivity index (χ0n) is 16.1. The minimum Gasteiger partial charge on any atom is -0.464 e. The first-order valence-corrected chi connectivity index (χ1v) is 9.49. The maximum absolute atomic E-state index is 12.7. The van der Waals surface area contributed by atoms with Crippen LogP contribution in [0.5, 0.6) is 0 Å². The Bertz CT molecular complexity index is 785. The molecule has 0 aromatic heterocycles. The number of hydrogen-bond acceptors (Lipinski definition) is 8. The largest absolute Gasteiger partial charge is 0.464 e. The van der Waals surface area contributed by atoms with Crippen molar-refractivity contribution in [3.8, 4) is 0 Å². The number of esters is 2. The van der Waals surface area contributed by atoms with Gasteiger partial charge >= 0.3 is 11.9 Å². The molecule has 1 aromatic carbocycles. The number of hydrogen-bond donors (Lipinski definition) is 0. The van der Waals surface area contributed by atoms with Gasteiger partial charge in [-0.05, 0) is 49.4 Å². The topological polar surface area (TPSA) is 93.2 Å². The second-order valence-corrected chi connectivity index (χ2v) is 6.94. The minimum absolute atomic E-state index is 0.000970. The third kappa shape index (κ3) is 4.72. The van der Waals surface area contributed by atoms with Gasteiger partial charge in [-0.2, -0.15) is 0 Å². The SMILES string of the molecule is CCOC(=O)C(C(=O)OCC)N1C(=O)S/C(=C/c2ccc(N(C)C)cc2)C1=O. The summed E-state index contributed by atoms with van der Waals surface area (Å²) in [5, 5.41) is -0.729. The third-order valence-corrected chi connectivity index (χ3v) is 4.69. The molecule has 150 valence electrons. The number of benzene rings is 1. The lowest BCUT2D eigenvalue weighted by atomic mass is 10.1. The zero-order valence-corrected chi connectivity index (χ0v) is 16.9. The second-order valence-electron chi connectivity index (χ2n) is 5.94. The molecule has 0 radical (unpaired) electrons. The fourth-order valence-corrected chi connectivity index (χ4v) is 3.33. The van der Waals surface area contributed by atoms with Gasteiger partial charge in [-0.25, -0.2) is 14.5 Å². The van der Waals surface area contributed by atoms with Gasteiger partial charge in [0.1, 0.15) is 0 Å². The molecule has 0 atom stereocenters. The van der Waals surface area contributed by atoms with Gasteiger partial charge in [-0.3, -0.25) is 9.59 Å². The van der Waals surface area contributed by atoms with Crippen molar-refractivity contribution in [1.82, 2.24) is 4.90 Å². The van der Waals surface area contributed by atoms with Crippen LogP contribution in [-0.2, 0) is 23.9 Å². The number of carbonyl (C=O) groups excluding carboxylic acids is 4. The number of nitrogens with zero attached hydrogens (tertiary/aromatic N) is 2. The quantitative estimate of drug-likeness (QED) is 0.387. The van der Waals surface area contributed by atoms with Crippen LogP contribution >= 0.6 is 11.8 Å². The van der Waals surface area contributed by atoms with Crippen molar-refractivity contribution >= 4 is 46.6 Å². The van der Waals surface area contributed by atoms with Crippen molar-refractivity contribution in [2.45, 2.75) is 19.9 Å². The summed E-state index contributed by atoms with van der Waals surface area (Å²) in [5.41, 5.74) is 1.69. The van der Waals surface area contributed by atoms with Gasteiger partial charge in [0.15, 0.2) is 0 Å². The van der Waals surface area contributed by atoms with Crippen molar-refractivity contribution in [2.75, 3.05) is 32.2 Å². The summed E-state index contributed by atoms with van der Waals surface area (Å²) in [6.45, 7) is 3.12. The monoisotopic (exact) mass is 406 g/mol. The number of imide groups is 1. The van der Waals surface area contributed by atoms with Crippen LogP contribution in [-0.4, -0.2) is 61.3 Å². The molecule has 0 saturated carbocycles. The molecular formula is C19H22N2O6S. The third-order valence-electron chi connectivity index (χ3n) is 3.81. The van der Waals surface area contributed by atoms with Crippen molar-refractivity contribution < 1.29 is 28.7 Å². The van der Waals surface area contributed by atoms with E-state index in [1.165, 1.54) is 6.08 Å². The molecule has 9 heteroatoms. The minimum atomic E-state index is -1.76. The Kier molecular flexibility index (Phi) is 7.22. The Balaban J connectivity index is 2.31. The Hall–Kier alpha value is -2.81. The molecule has 0 spiro atoms. The molecule has 1 saturated heterocycles. The zero-order chi connectivity index (χ0) is 20.8. The first-order chi connectivity index (χ1) is 13.3. The standard InChI is InChI=1S/C19H22N2O6S/c1-5-26-17(23)15(18(24)27-6-2)21-16(22)14(28-19(21)25)11-12-7-9-13(10-8-12)20(3)4/h7-11,15H,5-6H2,1-4H3/b14-11+. The summed E-state index contributed by atoms with van der Waals surface area (Å²) < 4.78 is 9.70. The van der Waals surface area contributed by atoms with Crippen molar-refractivity contribution in [3.63, 3.8) is 0 Å². The number of carbonyl (C=O) groups is 4. The Labute approximate surface area is 167 Å². The molecule has 2 amide bonds. The molecular weight excluding hydrogens is 384 g/mol. The summed E-state index contributed by atoms with van der Waals surface area (Å²) in [6, 6.07) is 5.59. The summed E-state index contributed by atoms with van der Waals surface area (Å²) >= 11 is 0.659. The van der Waals surface area contributed by atoms with Gasteiger partial charge in [-0.15, -0.1) is 0 Å². The van der Waals surface area contributed by atoms with Crippen LogP contribution in [0.1, 0.15) is 19.4 Å². The predicted octanol–water partition coefficient (Wildman–Crippen LogP) is 2.28. The maximum Gasteiger partial charge on any atom is 0.341 e. The molecule has 1 heterocycles. The van der Waals surface area contributed by atoms with E-state index in [9.17, 15) is 19.2 Å². The van der Waals surface area contributed by atoms with Crippen LogP contribution in [0.4, 0.5) is 10.5 Å². The Morgan fingerprint density at radius 3 is 2.07 bits per heavy atom. The lowest BCUT2D eigenvalue weighted by Gasteiger charge is -2.21. The van der Waals surface area contributed by atoms with Crippen molar-refractivity contribution in [3.05, 3.63) is 34.7 Å². The maximum atomic E-state index is 12.7. The molecule has 1 aliphatic rings. The molecule has 1 fully saturated rings. The van der Waals surface area contributed by atoms with E-state index >= 15 is 0 Å². The van der Waals surface area contributed by atoms with Gasteiger partial charge < -0.3 is 14.4 Å². The normalized spacial score (nSPS) is 15.3. The first-order valence-electron chi connectivity index (χ1n) is 8.67. The van der Waals surface area contributed by atoms with Crippen LogP contribution in [0, 0.1) is 0 Å². The lowest BCUT2D eigenvalue weighted by Crippen LogP contribution is -2.50. The number of thioether (sulfide) groups is 1. The molecule has 0 aliphatic carbocycles. The van der Waals surface area contributed by atoms with Crippen LogP contribution < -0.4 is 4.90 Å². The molecule has 28 heavy (non-hydrogen) atoms. The van der Waals surface area contributed by atoms with E-state index in [0.29, 0.717) is 22.2 Å². The van der Waals surface area contributed by atoms with Gasteiger partial charge in [0.2, 0.25) is 6.04 Å². The molecule has 1 aliphatic heterocycles. The van der Waals surface area contributed by atoms with Gasteiger partial charge in [0.25, 0.3) is 11.1 Å². The van der Waals surface area contributed by atoms with Crippen LogP contribution in [0.25, 0.3) is 6.08 Å². The van der Waals surface area contributed by atoms with E-state index in [1.54, 1.807) is 26.0 Å².